The first-order valence-corrected chi connectivity index (χ1v) is 8.65. The Morgan fingerprint density at radius 1 is 1.00 bits per heavy atom. The SMILES string of the molecule is CC/C=C/CC1CN(C(=O)OC(C)(C)C)CC1C/C=C/CC. The van der Waals surface area contributed by atoms with Crippen molar-refractivity contribution >= 4 is 6.09 Å². The maximum absolute atomic E-state index is 12.3. The Morgan fingerprint density at radius 3 is 1.82 bits per heavy atom. The van der Waals surface area contributed by atoms with Crippen LogP contribution in [0.5, 0.6) is 0 Å². The third-order valence-corrected chi connectivity index (χ3v) is 3.91. The van der Waals surface area contributed by atoms with Gasteiger partial charge in [0.1, 0.15) is 5.60 Å². The smallest absolute Gasteiger partial charge is 0.410 e. The highest BCUT2D eigenvalue weighted by Gasteiger charge is 2.35. The molecule has 1 heterocycles. The van der Waals surface area contributed by atoms with Crippen LogP contribution in [0.15, 0.2) is 24.3 Å². The number of amides is 1. The van der Waals surface area contributed by atoms with Gasteiger partial charge in [0.05, 0.1) is 0 Å². The van der Waals surface area contributed by atoms with Crippen LogP contribution in [0.25, 0.3) is 0 Å². The van der Waals surface area contributed by atoms with Crippen molar-refractivity contribution in [1.29, 1.82) is 0 Å². The molecule has 0 aromatic heterocycles. The lowest BCUT2D eigenvalue weighted by molar-refractivity contribution is 0.0284. The van der Waals surface area contributed by atoms with Crippen molar-refractivity contribution in [2.75, 3.05) is 13.1 Å². The van der Waals surface area contributed by atoms with Crippen molar-refractivity contribution in [2.45, 2.75) is 65.9 Å². The van der Waals surface area contributed by atoms with Gasteiger partial charge in [-0.05, 0) is 58.3 Å². The first-order valence-electron chi connectivity index (χ1n) is 8.65. The van der Waals surface area contributed by atoms with Crippen molar-refractivity contribution in [1.82, 2.24) is 4.90 Å². The molecule has 1 aliphatic rings. The fourth-order valence-corrected chi connectivity index (χ4v) is 2.82. The Labute approximate surface area is 136 Å². The van der Waals surface area contributed by atoms with Crippen LogP contribution in [0.4, 0.5) is 4.79 Å². The molecule has 0 spiro atoms. The van der Waals surface area contributed by atoms with Gasteiger partial charge in [-0.25, -0.2) is 4.79 Å². The molecule has 2 unspecified atom stereocenters. The molecule has 3 heteroatoms. The van der Waals surface area contributed by atoms with E-state index < -0.39 is 5.60 Å². The van der Waals surface area contributed by atoms with E-state index in [1.54, 1.807) is 0 Å². The summed E-state index contributed by atoms with van der Waals surface area (Å²) < 4.78 is 5.52. The molecule has 1 aliphatic heterocycles. The number of nitrogens with zero attached hydrogens (tertiary/aromatic N) is 1. The lowest BCUT2D eigenvalue weighted by atomic mass is 9.90. The lowest BCUT2D eigenvalue weighted by Gasteiger charge is -2.24. The molecular weight excluding hydrogens is 274 g/mol. The quantitative estimate of drug-likeness (QED) is 0.633. The molecule has 0 aliphatic carbocycles. The summed E-state index contributed by atoms with van der Waals surface area (Å²) in [5, 5.41) is 0. The van der Waals surface area contributed by atoms with E-state index in [4.69, 9.17) is 4.74 Å². The standard InChI is InChI=1S/C19H33NO2/c1-6-8-10-12-16-14-20(18(21)22-19(3,4)5)15-17(16)13-11-9-7-2/h8-11,16-17H,6-7,12-15H2,1-5H3/b10-8+,11-9+. The molecule has 0 N–H and O–H groups in total. The number of rotatable bonds is 6. The topological polar surface area (TPSA) is 29.5 Å². The number of carbonyl (C=O) groups is 1. The van der Waals surface area contributed by atoms with Gasteiger partial charge in [-0.15, -0.1) is 0 Å². The van der Waals surface area contributed by atoms with Gasteiger partial charge in [0.15, 0.2) is 0 Å². The molecule has 3 nitrogen and oxygen atoms in total. The molecule has 22 heavy (non-hydrogen) atoms. The van der Waals surface area contributed by atoms with E-state index in [-0.39, 0.29) is 6.09 Å². The van der Waals surface area contributed by atoms with Crippen LogP contribution in [0, 0.1) is 11.8 Å². The van der Waals surface area contributed by atoms with Crippen LogP contribution in [0.2, 0.25) is 0 Å². The number of hydrogen-bond acceptors (Lipinski definition) is 2. The second-order valence-electron chi connectivity index (χ2n) is 7.14. The number of ether oxygens (including phenoxy) is 1. The summed E-state index contributed by atoms with van der Waals surface area (Å²) in [4.78, 5) is 14.2. The maximum Gasteiger partial charge on any atom is 0.410 e. The fraction of sp³-hybridized carbons (Fsp3) is 0.737. The zero-order valence-corrected chi connectivity index (χ0v) is 15.0. The first-order chi connectivity index (χ1) is 10.4. The molecule has 0 aromatic rings. The highest BCUT2D eigenvalue weighted by molar-refractivity contribution is 5.68. The zero-order chi connectivity index (χ0) is 16.6. The summed E-state index contributed by atoms with van der Waals surface area (Å²) in [5.74, 6) is 1.08. The van der Waals surface area contributed by atoms with E-state index in [0.717, 1.165) is 38.8 Å². The largest absolute Gasteiger partial charge is 0.444 e. The minimum Gasteiger partial charge on any atom is -0.444 e. The minimum atomic E-state index is -0.422. The Hall–Kier alpha value is -1.25. The molecule has 126 valence electrons. The molecule has 0 radical (unpaired) electrons. The van der Waals surface area contributed by atoms with Gasteiger partial charge in [-0.2, -0.15) is 0 Å². The summed E-state index contributed by atoms with van der Waals surface area (Å²) in [6.45, 7) is 11.7. The Kier molecular flexibility index (Phi) is 7.70. The van der Waals surface area contributed by atoms with Gasteiger partial charge in [0.25, 0.3) is 0 Å². The van der Waals surface area contributed by atoms with E-state index >= 15 is 0 Å². The van der Waals surface area contributed by atoms with Crippen molar-refractivity contribution in [3.63, 3.8) is 0 Å². The molecule has 1 amide bonds. The summed E-state index contributed by atoms with van der Waals surface area (Å²) >= 11 is 0. The van der Waals surface area contributed by atoms with Gasteiger partial charge in [0.2, 0.25) is 0 Å². The monoisotopic (exact) mass is 307 g/mol. The molecule has 1 rings (SSSR count). The van der Waals surface area contributed by atoms with E-state index in [2.05, 4.69) is 38.2 Å². The second kappa shape index (κ2) is 9.02. The fourth-order valence-electron chi connectivity index (χ4n) is 2.82. The first kappa shape index (κ1) is 18.8. The van der Waals surface area contributed by atoms with Crippen LogP contribution in [-0.2, 0) is 4.74 Å². The van der Waals surface area contributed by atoms with Gasteiger partial charge in [-0.1, -0.05) is 38.2 Å². The zero-order valence-electron chi connectivity index (χ0n) is 15.0. The minimum absolute atomic E-state index is 0.168. The normalized spacial score (nSPS) is 22.9. The van der Waals surface area contributed by atoms with Crippen molar-refractivity contribution < 1.29 is 9.53 Å². The molecule has 1 fully saturated rings. The van der Waals surface area contributed by atoms with E-state index in [9.17, 15) is 4.79 Å². The van der Waals surface area contributed by atoms with Crippen molar-refractivity contribution in [3.05, 3.63) is 24.3 Å². The van der Waals surface area contributed by atoms with Gasteiger partial charge >= 0.3 is 6.09 Å². The number of likely N-dealkylation sites (tertiary alicyclic amines) is 1. The Balaban J connectivity index is 2.65. The molecule has 1 saturated heterocycles. The highest BCUT2D eigenvalue weighted by Crippen LogP contribution is 2.30. The highest BCUT2D eigenvalue weighted by atomic mass is 16.6. The third-order valence-electron chi connectivity index (χ3n) is 3.91. The van der Waals surface area contributed by atoms with Gasteiger partial charge < -0.3 is 9.64 Å². The molecule has 2 atom stereocenters. The van der Waals surface area contributed by atoms with Gasteiger partial charge in [-0.3, -0.25) is 0 Å². The third kappa shape index (κ3) is 6.67. The van der Waals surface area contributed by atoms with Crippen LogP contribution in [-0.4, -0.2) is 29.7 Å². The summed E-state index contributed by atoms with van der Waals surface area (Å²) in [7, 11) is 0. The predicted molar refractivity (Wildman–Crippen MR) is 92.9 cm³/mol. The van der Waals surface area contributed by atoms with Gasteiger partial charge in [0, 0.05) is 13.1 Å². The van der Waals surface area contributed by atoms with E-state index in [0.29, 0.717) is 11.8 Å². The second-order valence-corrected chi connectivity index (χ2v) is 7.14. The number of allylic oxidation sites excluding steroid dienone is 4. The van der Waals surface area contributed by atoms with E-state index in [1.165, 1.54) is 0 Å². The average Bonchev–Trinajstić information content (AvgIpc) is 2.81. The van der Waals surface area contributed by atoms with Crippen molar-refractivity contribution in [3.8, 4) is 0 Å². The maximum atomic E-state index is 12.3. The average molecular weight is 307 g/mol. The number of carbonyl (C=O) groups excluding carboxylic acids is 1. The molecule has 0 aromatic carbocycles. The van der Waals surface area contributed by atoms with Crippen LogP contribution < -0.4 is 0 Å². The van der Waals surface area contributed by atoms with Crippen LogP contribution >= 0.6 is 0 Å². The molecule has 0 bridgehead atoms. The molecule has 0 saturated carbocycles. The van der Waals surface area contributed by atoms with E-state index in [1.807, 2.05) is 25.7 Å². The Bertz CT molecular complexity index is 369. The Morgan fingerprint density at radius 2 is 1.45 bits per heavy atom. The summed E-state index contributed by atoms with van der Waals surface area (Å²) in [5.41, 5.74) is -0.422. The predicted octanol–water partition coefficient (Wildman–Crippen LogP) is 5.18. The lowest BCUT2D eigenvalue weighted by Crippen LogP contribution is -2.35. The summed E-state index contributed by atoms with van der Waals surface area (Å²) in [6, 6.07) is 0. The van der Waals surface area contributed by atoms with Crippen LogP contribution in [0.3, 0.4) is 0 Å². The van der Waals surface area contributed by atoms with Crippen LogP contribution in [0.1, 0.15) is 60.3 Å². The molecular formula is C19H33NO2. The summed E-state index contributed by atoms with van der Waals surface area (Å²) in [6.07, 6.45) is 13.0. The number of hydrogen-bond donors (Lipinski definition) is 0. The van der Waals surface area contributed by atoms with Crippen molar-refractivity contribution in [2.24, 2.45) is 11.8 Å².